The van der Waals surface area contributed by atoms with Crippen LogP contribution in [-0.4, -0.2) is 20.1 Å². The molecule has 0 fully saturated rings. The maximum Gasteiger partial charge on any atom is 0.123 e. The lowest BCUT2D eigenvalue weighted by atomic mass is 10.1. The summed E-state index contributed by atoms with van der Waals surface area (Å²) in [7, 11) is 0. The molecule has 0 amide bonds. The maximum absolute atomic E-state index is 13.1. The zero-order chi connectivity index (χ0) is 16.4. The number of aromatic nitrogens is 3. The van der Waals surface area contributed by atoms with Crippen molar-refractivity contribution in [2.75, 3.05) is 0 Å². The van der Waals surface area contributed by atoms with Gasteiger partial charge in [-0.2, -0.15) is 0 Å². The van der Waals surface area contributed by atoms with Gasteiger partial charge < -0.3 is 5.11 Å². The second-order valence-electron chi connectivity index (χ2n) is 5.65. The summed E-state index contributed by atoms with van der Waals surface area (Å²) < 4.78 is 14.8. The van der Waals surface area contributed by atoms with E-state index in [0.717, 1.165) is 22.5 Å². The first-order valence-corrected chi connectivity index (χ1v) is 7.45. The van der Waals surface area contributed by atoms with E-state index in [9.17, 15) is 9.50 Å². The highest BCUT2D eigenvalue weighted by molar-refractivity contribution is 5.44. The number of benzene rings is 2. The molecule has 0 atom stereocenters. The van der Waals surface area contributed by atoms with Crippen molar-refractivity contribution in [3.05, 3.63) is 76.4 Å². The van der Waals surface area contributed by atoms with Crippen molar-refractivity contribution in [3.63, 3.8) is 0 Å². The second kappa shape index (κ2) is 6.30. The van der Waals surface area contributed by atoms with Crippen molar-refractivity contribution in [1.29, 1.82) is 0 Å². The molecule has 0 spiro atoms. The van der Waals surface area contributed by atoms with Crippen molar-refractivity contribution in [2.45, 2.75) is 26.9 Å². The zero-order valence-corrected chi connectivity index (χ0v) is 13.1. The van der Waals surface area contributed by atoms with Crippen LogP contribution in [0.5, 0.6) is 0 Å². The van der Waals surface area contributed by atoms with Gasteiger partial charge in [0.15, 0.2) is 0 Å². The van der Waals surface area contributed by atoms with E-state index in [1.54, 1.807) is 16.8 Å². The molecule has 118 valence electrons. The Kier molecular flexibility index (Phi) is 4.21. The summed E-state index contributed by atoms with van der Waals surface area (Å²) in [5.74, 6) is -0.267. The van der Waals surface area contributed by atoms with E-state index in [-0.39, 0.29) is 12.4 Å². The van der Waals surface area contributed by atoms with Gasteiger partial charge in [-0.25, -0.2) is 9.07 Å². The van der Waals surface area contributed by atoms with E-state index >= 15 is 0 Å². The molecule has 4 nitrogen and oxygen atoms in total. The van der Waals surface area contributed by atoms with Crippen LogP contribution >= 0.6 is 0 Å². The smallest absolute Gasteiger partial charge is 0.123 e. The Balaban J connectivity index is 2.05. The molecular weight excluding hydrogens is 293 g/mol. The number of halogens is 1. The summed E-state index contributed by atoms with van der Waals surface area (Å²) in [6, 6.07) is 12.4. The van der Waals surface area contributed by atoms with E-state index < -0.39 is 0 Å². The SMILES string of the molecule is Cc1ccc(-n2nnc(CO)c2Cc2ccc(F)cc2)c(C)c1. The van der Waals surface area contributed by atoms with E-state index in [2.05, 4.69) is 16.4 Å². The Bertz CT molecular complexity index is 825. The van der Waals surface area contributed by atoms with Gasteiger partial charge in [-0.05, 0) is 43.2 Å². The zero-order valence-electron chi connectivity index (χ0n) is 13.1. The molecule has 1 heterocycles. The van der Waals surface area contributed by atoms with Crippen molar-refractivity contribution in [1.82, 2.24) is 15.0 Å². The molecule has 0 unspecified atom stereocenters. The van der Waals surface area contributed by atoms with Gasteiger partial charge in [0.1, 0.15) is 11.5 Å². The standard InChI is InChI=1S/C18H18FN3O/c1-12-3-8-17(13(2)9-12)22-18(16(11-23)20-21-22)10-14-4-6-15(19)7-5-14/h3-9,23H,10-11H2,1-2H3. The maximum atomic E-state index is 13.1. The average Bonchev–Trinajstić information content (AvgIpc) is 2.92. The quantitative estimate of drug-likeness (QED) is 0.805. The molecule has 3 rings (SSSR count). The molecule has 0 aliphatic carbocycles. The van der Waals surface area contributed by atoms with Gasteiger partial charge in [0.2, 0.25) is 0 Å². The fourth-order valence-corrected chi connectivity index (χ4v) is 2.66. The van der Waals surface area contributed by atoms with Crippen LogP contribution in [0.1, 0.15) is 28.1 Å². The molecule has 1 N–H and O–H groups in total. The van der Waals surface area contributed by atoms with Gasteiger partial charge in [-0.15, -0.1) is 5.10 Å². The third-order valence-corrected chi connectivity index (χ3v) is 3.86. The van der Waals surface area contributed by atoms with Gasteiger partial charge >= 0.3 is 0 Å². The van der Waals surface area contributed by atoms with Crippen molar-refractivity contribution in [3.8, 4) is 5.69 Å². The molecule has 1 aromatic heterocycles. The van der Waals surface area contributed by atoms with Crippen LogP contribution in [0.15, 0.2) is 42.5 Å². The summed E-state index contributed by atoms with van der Waals surface area (Å²) in [5.41, 5.74) is 5.48. The molecule has 5 heteroatoms. The molecular formula is C18H18FN3O. The number of hydrogen-bond donors (Lipinski definition) is 1. The summed E-state index contributed by atoms with van der Waals surface area (Å²) in [6.45, 7) is 3.88. The molecule has 3 aromatic rings. The van der Waals surface area contributed by atoms with Crippen LogP contribution in [0.25, 0.3) is 5.69 Å². The second-order valence-corrected chi connectivity index (χ2v) is 5.65. The van der Waals surface area contributed by atoms with Crippen molar-refractivity contribution < 1.29 is 9.50 Å². The summed E-state index contributed by atoms with van der Waals surface area (Å²) in [6.07, 6.45) is 0.524. The minimum atomic E-state index is -0.267. The van der Waals surface area contributed by atoms with Gasteiger partial charge in [-0.3, -0.25) is 0 Å². The van der Waals surface area contributed by atoms with E-state index in [4.69, 9.17) is 0 Å². The predicted octanol–water partition coefficient (Wildman–Crippen LogP) is 3.11. The minimum Gasteiger partial charge on any atom is -0.390 e. The van der Waals surface area contributed by atoms with Gasteiger partial charge in [-0.1, -0.05) is 35.0 Å². The first-order chi connectivity index (χ1) is 11.1. The van der Waals surface area contributed by atoms with E-state index in [1.807, 2.05) is 26.0 Å². The monoisotopic (exact) mass is 311 g/mol. The summed E-state index contributed by atoms with van der Waals surface area (Å²) >= 11 is 0. The minimum absolute atomic E-state index is 0.179. The van der Waals surface area contributed by atoms with Gasteiger partial charge in [0.05, 0.1) is 18.0 Å². The van der Waals surface area contributed by atoms with Gasteiger partial charge in [0, 0.05) is 6.42 Å². The summed E-state index contributed by atoms with van der Waals surface area (Å²) in [4.78, 5) is 0. The lowest BCUT2D eigenvalue weighted by Gasteiger charge is -2.11. The Morgan fingerprint density at radius 3 is 2.48 bits per heavy atom. The molecule has 0 aliphatic rings. The third kappa shape index (κ3) is 3.14. The Morgan fingerprint density at radius 2 is 1.83 bits per heavy atom. The number of hydrogen-bond acceptors (Lipinski definition) is 3. The molecule has 0 radical (unpaired) electrons. The highest BCUT2D eigenvalue weighted by Gasteiger charge is 2.15. The molecule has 2 aromatic carbocycles. The Hall–Kier alpha value is -2.53. The van der Waals surface area contributed by atoms with E-state index in [1.165, 1.54) is 17.7 Å². The third-order valence-electron chi connectivity index (χ3n) is 3.86. The van der Waals surface area contributed by atoms with Crippen molar-refractivity contribution >= 4 is 0 Å². The van der Waals surface area contributed by atoms with Gasteiger partial charge in [0.25, 0.3) is 0 Å². The normalized spacial score (nSPS) is 11.0. The fraction of sp³-hybridized carbons (Fsp3) is 0.222. The lowest BCUT2D eigenvalue weighted by Crippen LogP contribution is -2.06. The van der Waals surface area contributed by atoms with Crippen LogP contribution < -0.4 is 0 Å². The highest BCUT2D eigenvalue weighted by atomic mass is 19.1. The Labute approximate surface area is 134 Å². The molecule has 0 aliphatic heterocycles. The number of nitrogens with zero attached hydrogens (tertiary/aromatic N) is 3. The first-order valence-electron chi connectivity index (χ1n) is 7.45. The average molecular weight is 311 g/mol. The summed E-state index contributed by atoms with van der Waals surface area (Å²) in [5, 5.41) is 17.8. The van der Waals surface area contributed by atoms with Crippen LogP contribution in [0.2, 0.25) is 0 Å². The van der Waals surface area contributed by atoms with Crippen molar-refractivity contribution in [2.24, 2.45) is 0 Å². The molecule has 0 saturated carbocycles. The topological polar surface area (TPSA) is 50.9 Å². The predicted molar refractivity (Wildman–Crippen MR) is 86.0 cm³/mol. The number of aliphatic hydroxyl groups excluding tert-OH is 1. The number of rotatable bonds is 4. The van der Waals surface area contributed by atoms with Crippen LogP contribution in [0.3, 0.4) is 0 Å². The highest BCUT2D eigenvalue weighted by Crippen LogP contribution is 2.21. The number of aliphatic hydroxyl groups is 1. The molecule has 23 heavy (non-hydrogen) atoms. The van der Waals surface area contributed by atoms with E-state index in [0.29, 0.717) is 12.1 Å². The van der Waals surface area contributed by atoms with Crippen LogP contribution in [-0.2, 0) is 13.0 Å². The Morgan fingerprint density at radius 1 is 1.09 bits per heavy atom. The molecule has 0 saturated heterocycles. The number of aryl methyl sites for hydroxylation is 2. The lowest BCUT2D eigenvalue weighted by molar-refractivity contribution is 0.275. The van der Waals surface area contributed by atoms with Crippen LogP contribution in [0, 0.1) is 19.7 Å². The first kappa shape index (κ1) is 15.4. The fourth-order valence-electron chi connectivity index (χ4n) is 2.66. The molecule has 0 bridgehead atoms. The van der Waals surface area contributed by atoms with Crippen LogP contribution in [0.4, 0.5) is 4.39 Å². The largest absolute Gasteiger partial charge is 0.390 e.